The molecule has 32 heavy (non-hydrogen) atoms. The molecular weight excluding hydrogens is 408 g/mol. The Balaban J connectivity index is 1.34. The minimum absolute atomic E-state index is 0.120. The highest BCUT2D eigenvalue weighted by Gasteiger charge is 2.13. The zero-order valence-corrected chi connectivity index (χ0v) is 18.0. The number of aryl methyl sites for hydroxylation is 1. The molecule has 0 aliphatic heterocycles. The summed E-state index contributed by atoms with van der Waals surface area (Å²) in [7, 11) is 1.56. The van der Waals surface area contributed by atoms with Gasteiger partial charge >= 0.3 is 5.63 Å². The van der Waals surface area contributed by atoms with Gasteiger partial charge in [0.1, 0.15) is 24.0 Å². The van der Waals surface area contributed by atoms with Crippen molar-refractivity contribution < 1.29 is 13.9 Å². The molecule has 0 radical (unpaired) electrons. The maximum absolute atomic E-state index is 12.4. The molecule has 2 aromatic carbocycles. The lowest BCUT2D eigenvalue weighted by Crippen LogP contribution is -2.24. The van der Waals surface area contributed by atoms with Crippen molar-refractivity contribution in [1.29, 1.82) is 0 Å². The molecule has 2 heterocycles. The highest BCUT2D eigenvalue weighted by molar-refractivity contribution is 5.82. The summed E-state index contributed by atoms with van der Waals surface area (Å²) in [5, 5.41) is 7.84. The van der Waals surface area contributed by atoms with Gasteiger partial charge in [0, 0.05) is 30.0 Å². The number of nitrogens with one attached hydrogen (secondary N) is 1. The molecule has 0 atom stereocenters. The molecule has 1 amide bonds. The van der Waals surface area contributed by atoms with Gasteiger partial charge in [0.05, 0.1) is 13.7 Å². The third-order valence-electron chi connectivity index (χ3n) is 5.42. The molecule has 0 unspecified atom stereocenters. The second-order valence-corrected chi connectivity index (χ2v) is 7.54. The van der Waals surface area contributed by atoms with Crippen LogP contribution >= 0.6 is 0 Å². The van der Waals surface area contributed by atoms with E-state index in [9.17, 15) is 9.59 Å². The van der Waals surface area contributed by atoms with Gasteiger partial charge in [-0.15, -0.1) is 0 Å². The highest BCUT2D eigenvalue weighted by atomic mass is 16.5. The lowest BCUT2D eigenvalue weighted by molar-refractivity contribution is -0.121. The Morgan fingerprint density at radius 1 is 1.16 bits per heavy atom. The number of aromatic nitrogens is 3. The normalized spacial score (nSPS) is 10.9. The summed E-state index contributed by atoms with van der Waals surface area (Å²) in [6.45, 7) is 2.94. The Bertz CT molecular complexity index is 1280. The third kappa shape index (κ3) is 4.85. The van der Waals surface area contributed by atoms with E-state index in [1.807, 2.05) is 43.3 Å². The molecule has 8 heteroatoms. The summed E-state index contributed by atoms with van der Waals surface area (Å²) in [5.41, 5.74) is 3.51. The van der Waals surface area contributed by atoms with Gasteiger partial charge in [-0.2, -0.15) is 5.10 Å². The van der Waals surface area contributed by atoms with Gasteiger partial charge in [0.25, 0.3) is 0 Å². The minimum Gasteiger partial charge on any atom is -0.497 e. The van der Waals surface area contributed by atoms with Crippen molar-refractivity contribution >= 4 is 16.9 Å². The standard InChI is InChI=1S/C24H24N4O4/c1-16-20-8-7-19(31-2)11-22(20)32-24(30)21(16)9-10-23(29)26-12-17-3-5-18(6-4-17)13-28-15-25-14-27-28/h3-8,11,14-15H,9-10,12-13H2,1-2H3,(H,26,29). The molecule has 0 saturated heterocycles. The number of amides is 1. The first-order valence-corrected chi connectivity index (χ1v) is 10.3. The first kappa shape index (κ1) is 21.3. The van der Waals surface area contributed by atoms with Crippen molar-refractivity contribution in [3.05, 3.63) is 87.8 Å². The molecule has 0 saturated carbocycles. The minimum atomic E-state index is -0.418. The quantitative estimate of drug-likeness (QED) is 0.430. The van der Waals surface area contributed by atoms with Gasteiger partial charge in [-0.3, -0.25) is 4.79 Å². The van der Waals surface area contributed by atoms with Crippen LogP contribution in [-0.2, 0) is 24.3 Å². The molecule has 0 bridgehead atoms. The monoisotopic (exact) mass is 432 g/mol. The molecule has 1 N–H and O–H groups in total. The van der Waals surface area contributed by atoms with Crippen molar-refractivity contribution in [3.63, 3.8) is 0 Å². The fraction of sp³-hybridized carbons (Fsp3) is 0.250. The van der Waals surface area contributed by atoms with Crippen LogP contribution in [0.1, 0.15) is 28.7 Å². The fourth-order valence-electron chi connectivity index (χ4n) is 3.58. The maximum atomic E-state index is 12.4. The van der Waals surface area contributed by atoms with Crippen LogP contribution in [0.25, 0.3) is 11.0 Å². The highest BCUT2D eigenvalue weighted by Crippen LogP contribution is 2.24. The van der Waals surface area contributed by atoms with E-state index in [1.54, 1.807) is 24.2 Å². The van der Waals surface area contributed by atoms with Crippen molar-refractivity contribution in [2.75, 3.05) is 7.11 Å². The average Bonchev–Trinajstić information content (AvgIpc) is 3.31. The van der Waals surface area contributed by atoms with Crippen LogP contribution in [0, 0.1) is 6.92 Å². The van der Waals surface area contributed by atoms with Crippen LogP contribution < -0.4 is 15.7 Å². The topological polar surface area (TPSA) is 99.2 Å². The molecule has 4 rings (SSSR count). The number of hydrogen-bond acceptors (Lipinski definition) is 6. The van der Waals surface area contributed by atoms with E-state index >= 15 is 0 Å². The van der Waals surface area contributed by atoms with Gasteiger partial charge in [0.15, 0.2) is 0 Å². The number of carbonyl (C=O) groups excluding carboxylic acids is 1. The van der Waals surface area contributed by atoms with E-state index in [1.165, 1.54) is 6.33 Å². The Labute approximate surface area is 184 Å². The first-order chi connectivity index (χ1) is 15.5. The number of nitrogens with zero attached hydrogens (tertiary/aromatic N) is 3. The lowest BCUT2D eigenvalue weighted by atomic mass is 10.0. The zero-order valence-electron chi connectivity index (χ0n) is 18.0. The van der Waals surface area contributed by atoms with Crippen molar-refractivity contribution in [2.45, 2.75) is 32.9 Å². The van der Waals surface area contributed by atoms with E-state index in [0.29, 0.717) is 36.4 Å². The van der Waals surface area contributed by atoms with Gasteiger partial charge in [-0.25, -0.2) is 14.5 Å². The van der Waals surface area contributed by atoms with E-state index in [0.717, 1.165) is 22.1 Å². The second kappa shape index (κ2) is 9.47. The largest absolute Gasteiger partial charge is 0.497 e. The predicted molar refractivity (Wildman–Crippen MR) is 120 cm³/mol. The zero-order chi connectivity index (χ0) is 22.5. The average molecular weight is 432 g/mol. The third-order valence-corrected chi connectivity index (χ3v) is 5.42. The number of hydrogen-bond donors (Lipinski definition) is 1. The molecule has 0 fully saturated rings. The number of fused-ring (bicyclic) bond motifs is 1. The van der Waals surface area contributed by atoms with Crippen molar-refractivity contribution in [3.8, 4) is 5.75 Å². The van der Waals surface area contributed by atoms with E-state index in [2.05, 4.69) is 15.4 Å². The van der Waals surface area contributed by atoms with Crippen LogP contribution in [0.4, 0.5) is 0 Å². The summed E-state index contributed by atoms with van der Waals surface area (Å²) in [6.07, 6.45) is 3.70. The molecule has 8 nitrogen and oxygen atoms in total. The molecular formula is C24H24N4O4. The molecule has 2 aromatic heterocycles. The van der Waals surface area contributed by atoms with E-state index < -0.39 is 5.63 Å². The Morgan fingerprint density at radius 3 is 2.66 bits per heavy atom. The Morgan fingerprint density at radius 2 is 1.94 bits per heavy atom. The van der Waals surface area contributed by atoms with Crippen LogP contribution in [0.5, 0.6) is 5.75 Å². The SMILES string of the molecule is COc1ccc2c(C)c(CCC(=O)NCc3ccc(Cn4cncn4)cc3)c(=O)oc2c1. The molecule has 0 spiro atoms. The molecule has 4 aromatic rings. The summed E-state index contributed by atoms with van der Waals surface area (Å²) in [4.78, 5) is 28.7. The molecule has 0 aliphatic rings. The molecule has 0 aliphatic carbocycles. The number of ether oxygens (including phenoxy) is 1. The van der Waals surface area contributed by atoms with Gasteiger partial charge in [0.2, 0.25) is 5.91 Å². The van der Waals surface area contributed by atoms with Crippen molar-refractivity contribution in [2.24, 2.45) is 0 Å². The van der Waals surface area contributed by atoms with Crippen LogP contribution in [0.3, 0.4) is 0 Å². The van der Waals surface area contributed by atoms with Gasteiger partial charge < -0.3 is 14.5 Å². The number of carbonyl (C=O) groups is 1. The van der Waals surface area contributed by atoms with E-state index in [-0.39, 0.29) is 12.3 Å². The summed E-state index contributed by atoms with van der Waals surface area (Å²) >= 11 is 0. The van der Waals surface area contributed by atoms with E-state index in [4.69, 9.17) is 9.15 Å². The van der Waals surface area contributed by atoms with Gasteiger partial charge in [-0.1, -0.05) is 24.3 Å². The summed E-state index contributed by atoms with van der Waals surface area (Å²) in [5.74, 6) is 0.504. The second-order valence-electron chi connectivity index (χ2n) is 7.54. The summed E-state index contributed by atoms with van der Waals surface area (Å²) in [6, 6.07) is 13.3. The predicted octanol–water partition coefficient (Wildman–Crippen LogP) is 3.00. The number of rotatable bonds is 8. The lowest BCUT2D eigenvalue weighted by Gasteiger charge is -2.10. The fourth-order valence-corrected chi connectivity index (χ4v) is 3.58. The Kier molecular flexibility index (Phi) is 6.30. The maximum Gasteiger partial charge on any atom is 0.339 e. The number of methoxy groups -OCH3 is 1. The van der Waals surface area contributed by atoms with Crippen molar-refractivity contribution in [1.82, 2.24) is 20.1 Å². The van der Waals surface area contributed by atoms with Crippen LogP contribution in [0.15, 0.2) is 64.3 Å². The van der Waals surface area contributed by atoms with Gasteiger partial charge in [-0.05, 0) is 42.2 Å². The van der Waals surface area contributed by atoms with Crippen LogP contribution in [0.2, 0.25) is 0 Å². The van der Waals surface area contributed by atoms with Crippen LogP contribution in [-0.4, -0.2) is 27.8 Å². The first-order valence-electron chi connectivity index (χ1n) is 10.3. The Hall–Kier alpha value is -3.94. The smallest absolute Gasteiger partial charge is 0.339 e. The summed E-state index contributed by atoms with van der Waals surface area (Å²) < 4.78 is 12.4. The molecule has 164 valence electrons. The number of benzene rings is 2.